The van der Waals surface area contributed by atoms with Crippen molar-refractivity contribution in [3.63, 3.8) is 0 Å². The monoisotopic (exact) mass is 381 g/mol. The SMILES string of the molecule is Cl.Cl.NCC1(C(=O)N2CCC(c3nccs3)CC2)CCOCC1. The first-order valence-electron chi connectivity index (χ1n) is 7.72. The van der Waals surface area contributed by atoms with Gasteiger partial charge in [0.2, 0.25) is 5.91 Å². The van der Waals surface area contributed by atoms with E-state index in [0.717, 1.165) is 38.8 Å². The molecular formula is C15H25Cl2N3O2S. The topological polar surface area (TPSA) is 68.5 Å². The third-order valence-electron chi connectivity index (χ3n) is 4.88. The molecule has 23 heavy (non-hydrogen) atoms. The van der Waals surface area contributed by atoms with Crippen LogP contribution in [-0.4, -0.2) is 48.6 Å². The Bertz CT molecular complexity index is 473. The zero-order valence-corrected chi connectivity index (χ0v) is 15.6. The number of piperidine rings is 1. The summed E-state index contributed by atoms with van der Waals surface area (Å²) in [4.78, 5) is 19.3. The largest absolute Gasteiger partial charge is 0.381 e. The van der Waals surface area contributed by atoms with Gasteiger partial charge in [-0.3, -0.25) is 4.79 Å². The van der Waals surface area contributed by atoms with Crippen LogP contribution in [-0.2, 0) is 9.53 Å². The number of rotatable bonds is 3. The summed E-state index contributed by atoms with van der Waals surface area (Å²) in [7, 11) is 0. The van der Waals surface area contributed by atoms with Crippen LogP contribution in [0.5, 0.6) is 0 Å². The fourth-order valence-corrected chi connectivity index (χ4v) is 4.18. The molecule has 0 saturated carbocycles. The van der Waals surface area contributed by atoms with Crippen molar-refractivity contribution in [3.05, 3.63) is 16.6 Å². The second kappa shape index (κ2) is 9.18. The van der Waals surface area contributed by atoms with E-state index < -0.39 is 0 Å². The van der Waals surface area contributed by atoms with E-state index in [0.29, 0.717) is 25.7 Å². The number of hydrogen-bond acceptors (Lipinski definition) is 5. The molecule has 1 aromatic rings. The smallest absolute Gasteiger partial charge is 0.230 e. The van der Waals surface area contributed by atoms with E-state index in [2.05, 4.69) is 4.98 Å². The number of aromatic nitrogens is 1. The van der Waals surface area contributed by atoms with E-state index in [9.17, 15) is 4.79 Å². The fourth-order valence-electron chi connectivity index (χ4n) is 3.37. The first kappa shape index (κ1) is 20.6. The zero-order chi connectivity index (χ0) is 14.7. The minimum Gasteiger partial charge on any atom is -0.381 e. The molecule has 2 fully saturated rings. The van der Waals surface area contributed by atoms with E-state index in [-0.39, 0.29) is 36.1 Å². The first-order chi connectivity index (χ1) is 10.2. The van der Waals surface area contributed by atoms with Gasteiger partial charge in [-0.25, -0.2) is 4.98 Å². The van der Waals surface area contributed by atoms with Gasteiger partial charge in [-0.15, -0.1) is 36.2 Å². The number of thiazole rings is 1. The Morgan fingerprint density at radius 2 is 2.00 bits per heavy atom. The third kappa shape index (κ3) is 4.37. The number of hydrogen-bond donors (Lipinski definition) is 1. The molecule has 0 bridgehead atoms. The van der Waals surface area contributed by atoms with E-state index in [1.54, 1.807) is 11.3 Å². The van der Waals surface area contributed by atoms with Crippen LogP contribution in [0.1, 0.15) is 36.6 Å². The zero-order valence-electron chi connectivity index (χ0n) is 13.1. The van der Waals surface area contributed by atoms with Crippen molar-refractivity contribution < 1.29 is 9.53 Å². The van der Waals surface area contributed by atoms with Crippen LogP contribution in [0, 0.1) is 5.41 Å². The standard InChI is InChI=1S/C15H23N3O2S.2ClH/c16-11-15(3-8-20-9-4-15)14(19)18-6-1-12(2-7-18)13-17-5-10-21-13;;/h5,10,12H,1-4,6-9,11,16H2;2*1H. The van der Waals surface area contributed by atoms with Crippen LogP contribution in [0.25, 0.3) is 0 Å². The lowest BCUT2D eigenvalue weighted by Gasteiger charge is -2.41. The van der Waals surface area contributed by atoms with E-state index in [1.807, 2.05) is 16.5 Å². The molecule has 3 heterocycles. The summed E-state index contributed by atoms with van der Waals surface area (Å²) in [5.41, 5.74) is 5.56. The molecule has 0 spiro atoms. The lowest BCUT2D eigenvalue weighted by Crippen LogP contribution is -2.52. The summed E-state index contributed by atoms with van der Waals surface area (Å²) in [5.74, 6) is 0.753. The molecule has 0 aliphatic carbocycles. The number of likely N-dealkylation sites (tertiary alicyclic amines) is 1. The van der Waals surface area contributed by atoms with Crippen LogP contribution in [0.3, 0.4) is 0 Å². The molecular weight excluding hydrogens is 357 g/mol. The highest BCUT2D eigenvalue weighted by Crippen LogP contribution is 2.35. The molecule has 0 atom stereocenters. The first-order valence-corrected chi connectivity index (χ1v) is 8.60. The van der Waals surface area contributed by atoms with Gasteiger partial charge in [0, 0.05) is 50.3 Å². The second-order valence-electron chi connectivity index (χ2n) is 6.03. The number of halogens is 2. The van der Waals surface area contributed by atoms with Gasteiger partial charge in [-0.2, -0.15) is 0 Å². The van der Waals surface area contributed by atoms with E-state index in [1.165, 1.54) is 5.01 Å². The lowest BCUT2D eigenvalue weighted by atomic mass is 9.78. The average Bonchev–Trinajstić information content (AvgIpc) is 3.09. The van der Waals surface area contributed by atoms with Crippen LogP contribution in [0.15, 0.2) is 11.6 Å². The molecule has 5 nitrogen and oxygen atoms in total. The molecule has 2 aliphatic rings. The molecule has 132 valence electrons. The fraction of sp³-hybridized carbons (Fsp3) is 0.733. The molecule has 2 saturated heterocycles. The highest BCUT2D eigenvalue weighted by Gasteiger charge is 2.42. The normalized spacial score (nSPS) is 21.2. The van der Waals surface area contributed by atoms with Crippen molar-refractivity contribution in [2.45, 2.75) is 31.6 Å². The number of ether oxygens (including phenoxy) is 1. The van der Waals surface area contributed by atoms with Gasteiger partial charge in [0.25, 0.3) is 0 Å². The molecule has 0 aromatic carbocycles. The van der Waals surface area contributed by atoms with Crippen molar-refractivity contribution in [1.29, 1.82) is 0 Å². The van der Waals surface area contributed by atoms with Crippen LogP contribution in [0.2, 0.25) is 0 Å². The molecule has 2 N–H and O–H groups in total. The van der Waals surface area contributed by atoms with Gasteiger partial charge in [-0.1, -0.05) is 0 Å². The molecule has 0 unspecified atom stereocenters. The van der Waals surface area contributed by atoms with E-state index in [4.69, 9.17) is 10.5 Å². The summed E-state index contributed by atoms with van der Waals surface area (Å²) in [6.45, 7) is 3.38. The average molecular weight is 382 g/mol. The number of nitrogens with zero attached hydrogens (tertiary/aromatic N) is 2. The van der Waals surface area contributed by atoms with Crippen molar-refractivity contribution >= 4 is 42.1 Å². The van der Waals surface area contributed by atoms with Gasteiger partial charge >= 0.3 is 0 Å². The minimum absolute atomic E-state index is 0. The summed E-state index contributed by atoms with van der Waals surface area (Å²) in [6.07, 6.45) is 5.40. The molecule has 2 aliphatic heterocycles. The second-order valence-corrected chi connectivity index (χ2v) is 6.96. The van der Waals surface area contributed by atoms with Crippen LogP contribution >= 0.6 is 36.2 Å². The Morgan fingerprint density at radius 3 is 2.52 bits per heavy atom. The third-order valence-corrected chi connectivity index (χ3v) is 5.82. The lowest BCUT2D eigenvalue weighted by molar-refractivity contribution is -0.148. The van der Waals surface area contributed by atoms with Gasteiger partial charge in [0.05, 0.1) is 10.4 Å². The predicted octanol–water partition coefficient (Wildman–Crippen LogP) is 2.45. The molecule has 8 heteroatoms. The molecule has 1 amide bonds. The van der Waals surface area contributed by atoms with Crippen molar-refractivity contribution in [2.75, 3.05) is 32.8 Å². The Morgan fingerprint density at radius 1 is 1.35 bits per heavy atom. The van der Waals surface area contributed by atoms with E-state index >= 15 is 0 Å². The molecule has 1 aromatic heterocycles. The number of carbonyl (C=O) groups excluding carboxylic acids is 1. The minimum atomic E-state index is -0.383. The summed E-state index contributed by atoms with van der Waals surface area (Å²) in [6, 6.07) is 0. The van der Waals surface area contributed by atoms with Gasteiger partial charge in [0.15, 0.2) is 0 Å². The van der Waals surface area contributed by atoms with Gasteiger partial charge in [0.1, 0.15) is 0 Å². The Hall–Kier alpha value is -0.400. The quantitative estimate of drug-likeness (QED) is 0.872. The maximum absolute atomic E-state index is 12.9. The molecule has 3 rings (SSSR count). The number of carbonyl (C=O) groups is 1. The maximum Gasteiger partial charge on any atom is 0.230 e. The molecule has 0 radical (unpaired) electrons. The van der Waals surface area contributed by atoms with Crippen LogP contribution < -0.4 is 5.73 Å². The maximum atomic E-state index is 12.9. The van der Waals surface area contributed by atoms with Crippen LogP contribution in [0.4, 0.5) is 0 Å². The number of nitrogens with two attached hydrogens (primary N) is 1. The number of amides is 1. The van der Waals surface area contributed by atoms with Gasteiger partial charge < -0.3 is 15.4 Å². The van der Waals surface area contributed by atoms with Crippen molar-refractivity contribution in [3.8, 4) is 0 Å². The summed E-state index contributed by atoms with van der Waals surface area (Å²) < 4.78 is 5.40. The van der Waals surface area contributed by atoms with Gasteiger partial charge in [-0.05, 0) is 25.7 Å². The Labute approximate surface area is 153 Å². The summed E-state index contributed by atoms with van der Waals surface area (Å²) in [5, 5.41) is 3.24. The summed E-state index contributed by atoms with van der Waals surface area (Å²) >= 11 is 1.72. The Kier molecular flexibility index (Phi) is 8.24. The highest BCUT2D eigenvalue weighted by atomic mass is 35.5. The Balaban J connectivity index is 0.00000132. The highest BCUT2D eigenvalue weighted by molar-refractivity contribution is 7.09. The van der Waals surface area contributed by atoms with Crippen molar-refractivity contribution in [1.82, 2.24) is 9.88 Å². The van der Waals surface area contributed by atoms with Crippen molar-refractivity contribution in [2.24, 2.45) is 11.1 Å². The predicted molar refractivity (Wildman–Crippen MR) is 96.7 cm³/mol.